The molecule has 3 aromatic rings. The van der Waals surface area contributed by atoms with Gasteiger partial charge in [-0.2, -0.15) is 10.1 Å². The van der Waals surface area contributed by atoms with E-state index in [0.29, 0.717) is 28.9 Å². The number of non-ortho nitro benzene ring substituents is 1. The fourth-order valence-corrected chi connectivity index (χ4v) is 3.19. The number of halogens is 2. The third-order valence-corrected chi connectivity index (χ3v) is 4.66. The zero-order chi connectivity index (χ0) is 17.1. The van der Waals surface area contributed by atoms with Crippen LogP contribution in [0.4, 0.5) is 11.6 Å². The molecular weight excluding hydrogens is 445 g/mol. The van der Waals surface area contributed by atoms with Crippen molar-refractivity contribution < 1.29 is 4.92 Å². The summed E-state index contributed by atoms with van der Waals surface area (Å²) in [5, 5.41) is 21.5. The molecule has 122 valence electrons. The maximum Gasteiger partial charge on any atom is 0.270 e. The van der Waals surface area contributed by atoms with E-state index >= 15 is 0 Å². The summed E-state index contributed by atoms with van der Waals surface area (Å²) in [7, 11) is 0. The Balaban J connectivity index is 1.76. The monoisotopic (exact) mass is 455 g/mol. The van der Waals surface area contributed by atoms with E-state index in [-0.39, 0.29) is 5.69 Å². The Morgan fingerprint density at radius 2 is 2.08 bits per heavy atom. The van der Waals surface area contributed by atoms with E-state index in [4.69, 9.17) is 11.6 Å². The Bertz CT molecular complexity index is 879. The maximum atomic E-state index is 10.8. The summed E-state index contributed by atoms with van der Waals surface area (Å²) >= 11 is 8.41. The third-order valence-electron chi connectivity index (χ3n) is 3.29. The van der Waals surface area contributed by atoms with E-state index in [1.54, 1.807) is 12.1 Å². The van der Waals surface area contributed by atoms with E-state index in [0.717, 1.165) is 9.13 Å². The summed E-state index contributed by atoms with van der Waals surface area (Å²) < 4.78 is 1.05. The van der Waals surface area contributed by atoms with Crippen LogP contribution in [-0.2, 0) is 6.54 Å². The van der Waals surface area contributed by atoms with Crippen LogP contribution in [0, 0.1) is 13.7 Å². The number of hydrogen-bond donors (Lipinski definition) is 2. The van der Waals surface area contributed by atoms with Crippen LogP contribution in [0.15, 0.2) is 42.5 Å². The first-order valence-electron chi connectivity index (χ1n) is 6.88. The van der Waals surface area contributed by atoms with Crippen molar-refractivity contribution in [2.75, 3.05) is 5.32 Å². The topological polar surface area (TPSA) is 96.7 Å². The molecule has 24 heavy (non-hydrogen) atoms. The van der Waals surface area contributed by atoms with Gasteiger partial charge in [0.15, 0.2) is 5.82 Å². The third kappa shape index (κ3) is 3.65. The lowest BCUT2D eigenvalue weighted by Gasteiger charge is -2.07. The van der Waals surface area contributed by atoms with E-state index in [1.165, 1.54) is 12.1 Å². The molecule has 1 aromatic heterocycles. The van der Waals surface area contributed by atoms with Crippen molar-refractivity contribution in [1.29, 1.82) is 0 Å². The first-order chi connectivity index (χ1) is 11.5. The second kappa shape index (κ2) is 7.14. The van der Waals surface area contributed by atoms with Gasteiger partial charge in [0.25, 0.3) is 5.69 Å². The summed E-state index contributed by atoms with van der Waals surface area (Å²) in [6.07, 6.45) is 0. The molecule has 0 fully saturated rings. The van der Waals surface area contributed by atoms with Crippen LogP contribution >= 0.6 is 34.2 Å². The van der Waals surface area contributed by atoms with Crippen molar-refractivity contribution in [3.8, 4) is 11.4 Å². The van der Waals surface area contributed by atoms with Gasteiger partial charge in [-0.25, -0.2) is 5.10 Å². The Morgan fingerprint density at radius 1 is 1.29 bits per heavy atom. The molecule has 0 aliphatic rings. The van der Waals surface area contributed by atoms with Gasteiger partial charge < -0.3 is 5.32 Å². The zero-order valence-corrected chi connectivity index (χ0v) is 15.1. The lowest BCUT2D eigenvalue weighted by molar-refractivity contribution is -0.384. The van der Waals surface area contributed by atoms with Crippen LogP contribution in [0.25, 0.3) is 11.4 Å². The van der Waals surface area contributed by atoms with Gasteiger partial charge in [0.05, 0.1) is 4.92 Å². The van der Waals surface area contributed by atoms with Gasteiger partial charge in [0.1, 0.15) is 0 Å². The zero-order valence-electron chi connectivity index (χ0n) is 12.2. The van der Waals surface area contributed by atoms with Crippen molar-refractivity contribution >= 4 is 45.8 Å². The van der Waals surface area contributed by atoms with Gasteiger partial charge >= 0.3 is 0 Å². The molecule has 3 rings (SSSR count). The van der Waals surface area contributed by atoms with Crippen LogP contribution in [0.1, 0.15) is 5.56 Å². The number of nitrogens with zero attached hydrogens (tertiary/aromatic N) is 3. The largest absolute Gasteiger partial charge is 0.350 e. The minimum absolute atomic E-state index is 0.00238. The van der Waals surface area contributed by atoms with Crippen LogP contribution in [0.3, 0.4) is 0 Å². The van der Waals surface area contributed by atoms with Crippen molar-refractivity contribution in [1.82, 2.24) is 15.2 Å². The molecule has 7 nitrogen and oxygen atoms in total. The predicted molar refractivity (Wildman–Crippen MR) is 100.0 cm³/mol. The Hall–Kier alpha value is -2.20. The normalized spacial score (nSPS) is 10.6. The van der Waals surface area contributed by atoms with Crippen molar-refractivity contribution in [2.24, 2.45) is 0 Å². The molecule has 2 aromatic carbocycles. The average molecular weight is 456 g/mol. The van der Waals surface area contributed by atoms with Crippen LogP contribution in [0.2, 0.25) is 5.02 Å². The number of anilines is 1. The highest BCUT2D eigenvalue weighted by molar-refractivity contribution is 14.1. The minimum atomic E-state index is -0.450. The molecule has 9 heteroatoms. The molecule has 0 bridgehead atoms. The minimum Gasteiger partial charge on any atom is -0.350 e. The number of nitro benzene ring substituents is 1. The van der Waals surface area contributed by atoms with E-state index in [2.05, 4.69) is 43.1 Å². The molecule has 0 atom stereocenters. The number of aromatic amines is 1. The highest BCUT2D eigenvalue weighted by Gasteiger charge is 2.11. The van der Waals surface area contributed by atoms with Crippen LogP contribution in [-0.4, -0.2) is 20.1 Å². The summed E-state index contributed by atoms with van der Waals surface area (Å²) in [4.78, 5) is 14.7. The number of hydrogen-bond acceptors (Lipinski definition) is 5. The highest BCUT2D eigenvalue weighted by atomic mass is 127. The standard InChI is InChI=1S/C15H11ClIN5O2/c16-12-5-2-6-13(17)11(12)8-18-15-19-14(20-21-15)9-3-1-4-10(7-9)22(23)24/h1-7H,8H2,(H2,18,19,20,21). The van der Waals surface area contributed by atoms with E-state index in [1.807, 2.05) is 18.2 Å². The second-order valence-electron chi connectivity index (χ2n) is 4.87. The Kier molecular flexibility index (Phi) is 4.95. The molecule has 1 heterocycles. The molecule has 0 amide bonds. The first-order valence-corrected chi connectivity index (χ1v) is 8.34. The lowest BCUT2D eigenvalue weighted by Crippen LogP contribution is -2.03. The second-order valence-corrected chi connectivity index (χ2v) is 6.44. The van der Waals surface area contributed by atoms with Crippen LogP contribution < -0.4 is 5.32 Å². The van der Waals surface area contributed by atoms with Crippen molar-refractivity contribution in [3.63, 3.8) is 0 Å². The average Bonchev–Trinajstić information content (AvgIpc) is 3.03. The quantitative estimate of drug-likeness (QED) is 0.341. The summed E-state index contributed by atoms with van der Waals surface area (Å²) in [5.41, 5.74) is 1.53. The van der Waals surface area contributed by atoms with E-state index < -0.39 is 4.92 Å². The predicted octanol–water partition coefficient (Wildman–Crippen LogP) is 4.25. The molecule has 0 aliphatic heterocycles. The Morgan fingerprint density at radius 3 is 2.83 bits per heavy atom. The number of nitro groups is 1. The number of nitrogens with one attached hydrogen (secondary N) is 2. The van der Waals surface area contributed by atoms with Gasteiger partial charge in [0, 0.05) is 38.4 Å². The number of benzene rings is 2. The molecular formula is C15H11ClIN5O2. The molecule has 0 saturated heterocycles. The molecule has 0 radical (unpaired) electrons. The SMILES string of the molecule is O=[N+]([O-])c1cccc(-c2n[nH]c(NCc3c(Cl)cccc3I)n2)c1. The molecule has 0 unspecified atom stereocenters. The van der Waals surface area contributed by atoms with Gasteiger partial charge in [-0.15, -0.1) is 0 Å². The van der Waals surface area contributed by atoms with E-state index in [9.17, 15) is 10.1 Å². The Labute approximate surface area is 155 Å². The van der Waals surface area contributed by atoms with Crippen molar-refractivity contribution in [2.45, 2.75) is 6.54 Å². The first kappa shape index (κ1) is 16.7. The molecule has 0 spiro atoms. The fraction of sp³-hybridized carbons (Fsp3) is 0.0667. The summed E-state index contributed by atoms with van der Waals surface area (Å²) in [6.45, 7) is 0.488. The number of rotatable bonds is 5. The van der Waals surface area contributed by atoms with Crippen LogP contribution in [0.5, 0.6) is 0 Å². The van der Waals surface area contributed by atoms with Gasteiger partial charge in [-0.1, -0.05) is 29.8 Å². The summed E-state index contributed by atoms with van der Waals surface area (Å²) in [6, 6.07) is 11.9. The number of aromatic nitrogens is 3. The van der Waals surface area contributed by atoms with Gasteiger partial charge in [-0.05, 0) is 34.7 Å². The highest BCUT2D eigenvalue weighted by Crippen LogP contribution is 2.24. The molecule has 0 aliphatic carbocycles. The lowest BCUT2D eigenvalue weighted by atomic mass is 10.2. The van der Waals surface area contributed by atoms with Gasteiger partial charge in [0.2, 0.25) is 5.95 Å². The molecule has 2 N–H and O–H groups in total. The fourth-order valence-electron chi connectivity index (χ4n) is 2.10. The van der Waals surface area contributed by atoms with Crippen molar-refractivity contribution in [3.05, 3.63) is 66.7 Å². The van der Waals surface area contributed by atoms with Gasteiger partial charge in [-0.3, -0.25) is 10.1 Å². The smallest absolute Gasteiger partial charge is 0.270 e. The number of H-pyrrole nitrogens is 1. The summed E-state index contributed by atoms with van der Waals surface area (Å²) in [5.74, 6) is 0.849. The maximum absolute atomic E-state index is 10.8. The molecule has 0 saturated carbocycles.